The van der Waals surface area contributed by atoms with Gasteiger partial charge >= 0.3 is 5.97 Å². The lowest BCUT2D eigenvalue weighted by atomic mass is 10.2. The maximum Gasteiger partial charge on any atom is 0.315 e. The third-order valence-electron chi connectivity index (χ3n) is 2.43. The van der Waals surface area contributed by atoms with Crippen LogP contribution in [0.15, 0.2) is 22.7 Å². The van der Waals surface area contributed by atoms with E-state index in [1.807, 2.05) is 25.1 Å². The predicted octanol–water partition coefficient (Wildman–Crippen LogP) is 2.99. The van der Waals surface area contributed by atoms with E-state index in [2.05, 4.69) is 26.0 Å². The number of aryl methyl sites for hydroxylation is 1. The molecule has 0 radical (unpaired) electrons. The number of rotatable bonds is 5. The fraction of sp³-hybridized carbons (Fsp3) is 0.385. The molecule has 0 bridgehead atoms. The molecular formula is C13H16BrNO3S. The van der Waals surface area contributed by atoms with Crippen LogP contribution in [0, 0.1) is 6.92 Å². The lowest BCUT2D eigenvalue weighted by molar-refractivity contribution is -0.137. The van der Waals surface area contributed by atoms with Crippen LogP contribution >= 0.6 is 27.7 Å². The summed E-state index contributed by atoms with van der Waals surface area (Å²) in [6.07, 6.45) is 0. The number of thioether (sulfide) groups is 1. The van der Waals surface area contributed by atoms with E-state index in [0.717, 1.165) is 15.7 Å². The molecular weight excluding hydrogens is 330 g/mol. The van der Waals surface area contributed by atoms with E-state index in [9.17, 15) is 9.59 Å². The zero-order valence-corrected chi connectivity index (χ0v) is 13.4. The molecule has 1 atom stereocenters. The van der Waals surface area contributed by atoms with Gasteiger partial charge in [0.2, 0.25) is 5.91 Å². The third-order valence-corrected chi connectivity index (χ3v) is 4.20. The fourth-order valence-corrected chi connectivity index (χ4v) is 2.59. The second kappa shape index (κ2) is 7.55. The Morgan fingerprint density at radius 3 is 2.74 bits per heavy atom. The van der Waals surface area contributed by atoms with Crippen LogP contribution in [0.4, 0.5) is 5.69 Å². The van der Waals surface area contributed by atoms with Crippen LogP contribution in [0.25, 0.3) is 0 Å². The van der Waals surface area contributed by atoms with Crippen molar-refractivity contribution in [3.8, 4) is 0 Å². The Morgan fingerprint density at radius 2 is 2.16 bits per heavy atom. The average molecular weight is 346 g/mol. The number of carbonyl (C=O) groups is 2. The number of halogens is 1. The van der Waals surface area contributed by atoms with Crippen molar-refractivity contribution < 1.29 is 14.3 Å². The number of carbonyl (C=O) groups excluding carboxylic acids is 2. The highest BCUT2D eigenvalue weighted by Crippen LogP contribution is 2.24. The lowest BCUT2D eigenvalue weighted by Gasteiger charge is -2.12. The first-order valence-corrected chi connectivity index (χ1v) is 7.53. The monoisotopic (exact) mass is 345 g/mol. The molecule has 1 unspecified atom stereocenters. The number of esters is 1. The number of ether oxygens (including phenoxy) is 1. The lowest BCUT2D eigenvalue weighted by Crippen LogP contribution is -2.24. The summed E-state index contributed by atoms with van der Waals surface area (Å²) in [6.45, 7) is 3.73. The zero-order chi connectivity index (χ0) is 14.4. The molecule has 0 aromatic heterocycles. The number of hydrogen-bond donors (Lipinski definition) is 1. The van der Waals surface area contributed by atoms with Gasteiger partial charge in [-0.2, -0.15) is 0 Å². The van der Waals surface area contributed by atoms with Gasteiger partial charge < -0.3 is 10.1 Å². The summed E-state index contributed by atoms with van der Waals surface area (Å²) in [4.78, 5) is 23.0. The van der Waals surface area contributed by atoms with E-state index < -0.39 is 0 Å². The van der Waals surface area contributed by atoms with Gasteiger partial charge in [-0.3, -0.25) is 9.59 Å². The van der Waals surface area contributed by atoms with E-state index in [1.54, 1.807) is 6.92 Å². The van der Waals surface area contributed by atoms with Crippen molar-refractivity contribution in [2.24, 2.45) is 0 Å². The minimum Gasteiger partial charge on any atom is -0.468 e. The summed E-state index contributed by atoms with van der Waals surface area (Å²) >= 11 is 4.65. The molecule has 0 aliphatic heterocycles. The van der Waals surface area contributed by atoms with Crippen molar-refractivity contribution in [2.45, 2.75) is 19.1 Å². The Labute approximate surface area is 125 Å². The van der Waals surface area contributed by atoms with Gasteiger partial charge in [-0.15, -0.1) is 11.8 Å². The summed E-state index contributed by atoms with van der Waals surface area (Å²) in [7, 11) is 1.33. The average Bonchev–Trinajstić information content (AvgIpc) is 2.38. The molecule has 1 aromatic carbocycles. The van der Waals surface area contributed by atoms with E-state index in [1.165, 1.54) is 18.9 Å². The van der Waals surface area contributed by atoms with Crippen molar-refractivity contribution in [1.82, 2.24) is 0 Å². The normalized spacial score (nSPS) is 11.8. The Morgan fingerprint density at radius 1 is 1.47 bits per heavy atom. The van der Waals surface area contributed by atoms with Crippen molar-refractivity contribution in [2.75, 3.05) is 18.2 Å². The Kier molecular flexibility index (Phi) is 6.37. The highest BCUT2D eigenvalue weighted by Gasteiger charge is 2.16. The highest BCUT2D eigenvalue weighted by molar-refractivity contribution is 9.10. The van der Waals surface area contributed by atoms with E-state index >= 15 is 0 Å². The molecule has 4 nitrogen and oxygen atoms in total. The molecule has 6 heteroatoms. The number of hydrogen-bond acceptors (Lipinski definition) is 4. The van der Waals surface area contributed by atoms with Crippen LogP contribution in [0.5, 0.6) is 0 Å². The van der Waals surface area contributed by atoms with Crippen molar-refractivity contribution >= 4 is 45.3 Å². The zero-order valence-electron chi connectivity index (χ0n) is 11.0. The van der Waals surface area contributed by atoms with Gasteiger partial charge in [0.25, 0.3) is 0 Å². The van der Waals surface area contributed by atoms with Gasteiger partial charge in [-0.1, -0.05) is 6.07 Å². The minimum atomic E-state index is -0.332. The van der Waals surface area contributed by atoms with E-state index in [-0.39, 0.29) is 22.9 Å². The number of benzene rings is 1. The quantitative estimate of drug-likeness (QED) is 0.833. The summed E-state index contributed by atoms with van der Waals surface area (Å²) in [5.41, 5.74) is 1.83. The highest BCUT2D eigenvalue weighted by atomic mass is 79.9. The van der Waals surface area contributed by atoms with Crippen LogP contribution in [-0.4, -0.2) is 30.0 Å². The molecule has 104 valence electrons. The van der Waals surface area contributed by atoms with Crippen LogP contribution < -0.4 is 5.32 Å². The Balaban J connectivity index is 2.56. The van der Waals surface area contributed by atoms with E-state index in [4.69, 9.17) is 0 Å². The maximum atomic E-state index is 11.9. The Bertz CT molecular complexity index is 479. The third kappa shape index (κ3) is 5.24. The van der Waals surface area contributed by atoms with Crippen LogP contribution in [-0.2, 0) is 14.3 Å². The first-order chi connectivity index (χ1) is 8.93. The van der Waals surface area contributed by atoms with Gasteiger partial charge in [0.05, 0.1) is 23.8 Å². The second-order valence-electron chi connectivity index (χ2n) is 4.00. The Hall–Kier alpha value is -1.01. The van der Waals surface area contributed by atoms with E-state index in [0.29, 0.717) is 0 Å². The van der Waals surface area contributed by atoms with Crippen molar-refractivity contribution in [3.63, 3.8) is 0 Å². The number of methoxy groups -OCH3 is 1. The van der Waals surface area contributed by atoms with Gasteiger partial charge in [0.15, 0.2) is 0 Å². The molecule has 1 rings (SSSR count). The summed E-state index contributed by atoms with van der Waals surface area (Å²) in [5.74, 6) is -0.306. The second-order valence-corrected chi connectivity index (χ2v) is 6.19. The smallest absolute Gasteiger partial charge is 0.315 e. The first kappa shape index (κ1) is 16.0. The number of nitrogens with one attached hydrogen (secondary N) is 1. The molecule has 1 amide bonds. The molecule has 0 aliphatic rings. The van der Waals surface area contributed by atoms with Gasteiger partial charge in [0, 0.05) is 4.47 Å². The molecule has 0 aliphatic carbocycles. The van der Waals surface area contributed by atoms with Crippen molar-refractivity contribution in [1.29, 1.82) is 0 Å². The molecule has 0 spiro atoms. The number of amides is 1. The SMILES string of the molecule is COC(=O)CSC(C)C(=O)Nc1ccc(C)cc1Br. The van der Waals surface area contributed by atoms with Crippen LogP contribution in [0.3, 0.4) is 0 Å². The number of anilines is 1. The largest absolute Gasteiger partial charge is 0.468 e. The molecule has 0 fully saturated rings. The molecule has 0 heterocycles. The minimum absolute atomic E-state index is 0.140. The maximum absolute atomic E-state index is 11.9. The van der Waals surface area contributed by atoms with Gasteiger partial charge in [-0.05, 0) is 47.5 Å². The van der Waals surface area contributed by atoms with Crippen LogP contribution in [0.1, 0.15) is 12.5 Å². The molecule has 1 aromatic rings. The fourth-order valence-electron chi connectivity index (χ4n) is 1.28. The summed E-state index contributed by atoms with van der Waals surface area (Å²) < 4.78 is 5.37. The molecule has 19 heavy (non-hydrogen) atoms. The topological polar surface area (TPSA) is 55.4 Å². The molecule has 1 N–H and O–H groups in total. The summed E-state index contributed by atoms with van der Waals surface area (Å²) in [5, 5.41) is 2.49. The van der Waals surface area contributed by atoms with Gasteiger partial charge in [0.1, 0.15) is 0 Å². The van der Waals surface area contributed by atoms with Crippen molar-refractivity contribution in [3.05, 3.63) is 28.2 Å². The predicted molar refractivity (Wildman–Crippen MR) is 81.4 cm³/mol. The summed E-state index contributed by atoms with van der Waals surface area (Å²) in [6, 6.07) is 5.70. The first-order valence-electron chi connectivity index (χ1n) is 5.69. The van der Waals surface area contributed by atoms with Crippen LogP contribution in [0.2, 0.25) is 0 Å². The van der Waals surface area contributed by atoms with Gasteiger partial charge in [-0.25, -0.2) is 0 Å². The molecule has 0 saturated heterocycles. The molecule has 0 saturated carbocycles. The standard InChI is InChI=1S/C13H16BrNO3S/c1-8-4-5-11(10(14)6-8)15-13(17)9(2)19-7-12(16)18-3/h4-6,9H,7H2,1-3H3,(H,15,17).